The molecule has 0 spiro atoms. The molecule has 0 saturated carbocycles. The molecule has 2 amide bonds. The molecular formula is C29H39N5O5. The van der Waals surface area contributed by atoms with E-state index < -0.39 is 12.2 Å². The van der Waals surface area contributed by atoms with Crippen LogP contribution >= 0.6 is 0 Å². The lowest BCUT2D eigenvalue weighted by molar-refractivity contribution is -0.130. The second-order valence-corrected chi connectivity index (χ2v) is 11.0. The van der Waals surface area contributed by atoms with E-state index in [4.69, 9.17) is 15.3 Å². The van der Waals surface area contributed by atoms with Crippen molar-refractivity contribution in [2.24, 2.45) is 16.3 Å². The zero-order valence-electron chi connectivity index (χ0n) is 23.0. The molecule has 1 fully saturated rings. The van der Waals surface area contributed by atoms with Crippen molar-refractivity contribution in [3.05, 3.63) is 71.3 Å². The number of nitrogens with two attached hydrogens (primary N) is 1. The molecule has 5 N–H and O–H groups in total. The van der Waals surface area contributed by atoms with Crippen molar-refractivity contribution in [2.45, 2.75) is 65.1 Å². The van der Waals surface area contributed by atoms with E-state index >= 15 is 0 Å². The Hall–Kier alpha value is -3.92. The van der Waals surface area contributed by atoms with Crippen LogP contribution in [0, 0.1) is 5.41 Å². The lowest BCUT2D eigenvalue weighted by Crippen LogP contribution is -2.53. The molecule has 3 atom stereocenters. The summed E-state index contributed by atoms with van der Waals surface area (Å²) in [5.74, 6) is -0.142. The number of ether oxygens (including phenoxy) is 1. The molecule has 10 heteroatoms. The number of amides is 2. The Kier molecular flexibility index (Phi) is 10.4. The van der Waals surface area contributed by atoms with Crippen LogP contribution in [0.1, 0.15) is 63.1 Å². The summed E-state index contributed by atoms with van der Waals surface area (Å²) in [6, 6.07) is 16.1. The average molecular weight is 538 g/mol. The molecule has 1 saturated heterocycles. The van der Waals surface area contributed by atoms with E-state index in [-0.39, 0.29) is 42.3 Å². The van der Waals surface area contributed by atoms with Crippen LogP contribution in [-0.4, -0.2) is 49.0 Å². The van der Waals surface area contributed by atoms with Gasteiger partial charge in [0, 0.05) is 12.1 Å². The van der Waals surface area contributed by atoms with E-state index in [2.05, 4.69) is 33.2 Å². The highest BCUT2D eigenvalue weighted by molar-refractivity contribution is 5.97. The van der Waals surface area contributed by atoms with Crippen LogP contribution in [0.2, 0.25) is 0 Å². The zero-order valence-corrected chi connectivity index (χ0v) is 23.0. The van der Waals surface area contributed by atoms with Gasteiger partial charge in [-0.15, -0.1) is 0 Å². The summed E-state index contributed by atoms with van der Waals surface area (Å²) in [5.41, 5.74) is 8.29. The van der Waals surface area contributed by atoms with E-state index in [1.807, 2.05) is 39.0 Å². The molecule has 0 bridgehead atoms. The average Bonchev–Trinajstić information content (AvgIpc) is 2.93. The third kappa shape index (κ3) is 9.72. The van der Waals surface area contributed by atoms with Gasteiger partial charge in [-0.05, 0) is 48.8 Å². The molecule has 1 aliphatic heterocycles. The van der Waals surface area contributed by atoms with E-state index in [9.17, 15) is 14.4 Å². The Morgan fingerprint density at radius 1 is 1.10 bits per heavy atom. The van der Waals surface area contributed by atoms with Crippen molar-refractivity contribution < 1.29 is 24.0 Å². The number of benzene rings is 2. The first-order valence-electron chi connectivity index (χ1n) is 13.1. The van der Waals surface area contributed by atoms with Gasteiger partial charge in [-0.1, -0.05) is 80.5 Å². The third-order valence-corrected chi connectivity index (χ3v) is 6.30. The van der Waals surface area contributed by atoms with Gasteiger partial charge < -0.3 is 26.4 Å². The van der Waals surface area contributed by atoms with E-state index in [0.717, 1.165) is 18.5 Å². The predicted molar refractivity (Wildman–Crippen MR) is 149 cm³/mol. The van der Waals surface area contributed by atoms with E-state index in [1.54, 1.807) is 31.2 Å². The Bertz CT molecular complexity index is 1140. The minimum Gasteiger partial charge on any atom is -0.432 e. The summed E-state index contributed by atoms with van der Waals surface area (Å²) in [4.78, 5) is 41.8. The maximum atomic E-state index is 12.8. The molecule has 0 unspecified atom stereocenters. The fourth-order valence-electron chi connectivity index (χ4n) is 4.10. The van der Waals surface area contributed by atoms with Gasteiger partial charge in [-0.25, -0.2) is 4.79 Å². The Morgan fingerprint density at radius 2 is 1.79 bits per heavy atom. The number of hydrogen-bond acceptors (Lipinski definition) is 7. The first kappa shape index (κ1) is 29.6. The fourth-order valence-corrected chi connectivity index (χ4v) is 4.10. The number of nitrogens with zero attached hydrogens (tertiary/aromatic N) is 1. The summed E-state index contributed by atoms with van der Waals surface area (Å²) >= 11 is 0. The number of oxime groups is 1. The highest BCUT2D eigenvalue weighted by Gasteiger charge is 2.29. The molecule has 10 nitrogen and oxygen atoms in total. The fraction of sp³-hybridized carbons (Fsp3) is 0.448. The number of nitrogens with one attached hydrogen (secondary N) is 3. The van der Waals surface area contributed by atoms with E-state index in [0.29, 0.717) is 17.9 Å². The predicted octanol–water partition coefficient (Wildman–Crippen LogP) is 3.16. The first-order valence-corrected chi connectivity index (χ1v) is 13.1. The third-order valence-electron chi connectivity index (χ3n) is 6.30. The van der Waals surface area contributed by atoms with Crippen molar-refractivity contribution in [1.29, 1.82) is 0 Å². The van der Waals surface area contributed by atoms with Crippen LogP contribution in [0.3, 0.4) is 0 Å². The summed E-state index contributed by atoms with van der Waals surface area (Å²) < 4.78 is 4.97. The highest BCUT2D eigenvalue weighted by Crippen LogP contribution is 2.27. The van der Waals surface area contributed by atoms with Gasteiger partial charge in [0.2, 0.25) is 11.8 Å². The molecule has 39 heavy (non-hydrogen) atoms. The second-order valence-electron chi connectivity index (χ2n) is 11.0. The molecule has 0 radical (unpaired) electrons. The van der Waals surface area contributed by atoms with Gasteiger partial charge in [-0.2, -0.15) is 0 Å². The number of amidine groups is 1. The van der Waals surface area contributed by atoms with E-state index in [1.165, 1.54) is 5.56 Å². The van der Waals surface area contributed by atoms with Crippen LogP contribution in [-0.2, 0) is 25.7 Å². The van der Waals surface area contributed by atoms with Gasteiger partial charge in [-0.3, -0.25) is 14.4 Å². The summed E-state index contributed by atoms with van der Waals surface area (Å²) in [7, 11) is 0. The largest absolute Gasteiger partial charge is 0.535 e. The van der Waals surface area contributed by atoms with Crippen LogP contribution < -0.4 is 21.7 Å². The van der Waals surface area contributed by atoms with Crippen LogP contribution in [0.4, 0.5) is 4.79 Å². The summed E-state index contributed by atoms with van der Waals surface area (Å²) in [5, 5.41) is 12.5. The molecule has 1 heterocycles. The van der Waals surface area contributed by atoms with Crippen molar-refractivity contribution in [3.63, 3.8) is 0 Å². The van der Waals surface area contributed by atoms with Crippen molar-refractivity contribution in [1.82, 2.24) is 16.0 Å². The molecule has 0 aliphatic carbocycles. The van der Waals surface area contributed by atoms with Gasteiger partial charge in [0.15, 0.2) is 5.84 Å². The number of rotatable bonds is 9. The smallest absolute Gasteiger partial charge is 0.432 e. The number of carbonyl (C=O) groups is 3. The standard InChI is InChI=1S/C29H39N5O5/c1-19(33-27(36)24-16-23(14-15-31-24)21-8-6-5-7-9-21)26(35)32-17-20-10-12-22(13-11-20)25(30)34-39-28(37)38-18-29(2,3)4/h5-13,19,23-24,31H,14-18H2,1-4H3,(H2,30,34)(H,32,35)(H,33,36)/t19-,23-,24+/m0/s1. The van der Waals surface area contributed by atoms with Crippen LogP contribution in [0.15, 0.2) is 59.8 Å². The van der Waals surface area contributed by atoms with Crippen molar-refractivity contribution >= 4 is 23.8 Å². The van der Waals surface area contributed by atoms with Gasteiger partial charge in [0.25, 0.3) is 0 Å². The lowest BCUT2D eigenvalue weighted by Gasteiger charge is -2.30. The molecule has 3 rings (SSSR count). The molecule has 2 aromatic rings. The van der Waals surface area contributed by atoms with Crippen LogP contribution in [0.25, 0.3) is 0 Å². The lowest BCUT2D eigenvalue weighted by atomic mass is 9.86. The Labute approximate surface area is 229 Å². The summed E-state index contributed by atoms with van der Waals surface area (Å²) in [6.45, 7) is 8.65. The summed E-state index contributed by atoms with van der Waals surface area (Å²) in [6.07, 6.45) is 0.729. The monoisotopic (exact) mass is 537 g/mol. The van der Waals surface area contributed by atoms with Crippen molar-refractivity contribution in [2.75, 3.05) is 13.2 Å². The molecule has 210 valence electrons. The molecule has 1 aliphatic rings. The normalized spacial score (nSPS) is 18.5. The number of hydrogen-bond donors (Lipinski definition) is 4. The number of carbonyl (C=O) groups excluding carboxylic acids is 3. The molecule has 0 aromatic heterocycles. The molecular weight excluding hydrogens is 498 g/mol. The zero-order chi connectivity index (χ0) is 28.4. The SMILES string of the molecule is C[C@H](NC(=O)[C@H]1C[C@@H](c2ccccc2)CCN1)C(=O)NCc1ccc(/C(N)=N/OC(=O)OCC(C)(C)C)cc1. The molecule has 2 aromatic carbocycles. The van der Waals surface area contributed by atoms with Crippen molar-refractivity contribution in [3.8, 4) is 0 Å². The highest BCUT2D eigenvalue weighted by atomic mass is 16.8. The maximum Gasteiger partial charge on any atom is 0.535 e. The quantitative estimate of drug-likeness (QED) is 0.126. The minimum atomic E-state index is -0.927. The number of piperidine rings is 1. The van der Waals surface area contributed by atoms with Gasteiger partial charge >= 0.3 is 6.16 Å². The first-order chi connectivity index (χ1) is 18.5. The Balaban J connectivity index is 1.43. The maximum absolute atomic E-state index is 12.8. The minimum absolute atomic E-state index is 0.0143. The van der Waals surface area contributed by atoms with Crippen LogP contribution in [0.5, 0.6) is 0 Å². The Morgan fingerprint density at radius 3 is 2.46 bits per heavy atom. The second kappa shape index (κ2) is 13.7. The van der Waals surface area contributed by atoms with Gasteiger partial charge in [0.1, 0.15) is 6.04 Å². The topological polar surface area (TPSA) is 144 Å². The van der Waals surface area contributed by atoms with Gasteiger partial charge in [0.05, 0.1) is 12.6 Å².